The minimum atomic E-state index is -0.922. The molecule has 0 N–H and O–H groups in total. The minimum absolute atomic E-state index is 0.471. The van der Waals surface area contributed by atoms with Crippen molar-refractivity contribution in [3.63, 3.8) is 0 Å². The van der Waals surface area contributed by atoms with Crippen molar-refractivity contribution >= 4 is 22.3 Å². The first-order valence-electron chi connectivity index (χ1n) is 5.92. The lowest BCUT2D eigenvalue weighted by Crippen LogP contribution is -2.42. The van der Waals surface area contributed by atoms with E-state index in [4.69, 9.17) is 0 Å². The van der Waals surface area contributed by atoms with Crippen LogP contribution in [0.15, 0.2) is 21.7 Å². The van der Waals surface area contributed by atoms with E-state index in [2.05, 4.69) is 11.2 Å². The fourth-order valence-electron chi connectivity index (χ4n) is 2.75. The summed E-state index contributed by atoms with van der Waals surface area (Å²) >= 11 is 1.60. The quantitative estimate of drug-likeness (QED) is 0.795. The SMILES string of the molecule is CC1CC2(CCN1S(=O)c1cccs1)CC2. The van der Waals surface area contributed by atoms with Gasteiger partial charge in [0.25, 0.3) is 0 Å². The van der Waals surface area contributed by atoms with Crippen molar-refractivity contribution < 1.29 is 4.21 Å². The molecule has 2 aliphatic rings. The van der Waals surface area contributed by atoms with Gasteiger partial charge in [0.2, 0.25) is 0 Å². The Hall–Kier alpha value is -0.190. The maximum Gasteiger partial charge on any atom is 0.138 e. The largest absolute Gasteiger partial charge is 0.236 e. The molecule has 2 heterocycles. The predicted molar refractivity (Wildman–Crippen MR) is 67.8 cm³/mol. The molecule has 0 aromatic carbocycles. The Morgan fingerprint density at radius 2 is 2.31 bits per heavy atom. The molecule has 2 nitrogen and oxygen atoms in total. The van der Waals surface area contributed by atoms with E-state index >= 15 is 0 Å². The Morgan fingerprint density at radius 1 is 1.50 bits per heavy atom. The number of nitrogens with zero attached hydrogens (tertiary/aromatic N) is 1. The summed E-state index contributed by atoms with van der Waals surface area (Å²) in [7, 11) is -0.922. The van der Waals surface area contributed by atoms with Gasteiger partial charge in [-0.2, -0.15) is 0 Å². The Morgan fingerprint density at radius 3 is 2.88 bits per heavy atom. The second kappa shape index (κ2) is 3.93. The lowest BCUT2D eigenvalue weighted by molar-refractivity contribution is 0.202. The van der Waals surface area contributed by atoms with E-state index in [1.807, 2.05) is 17.5 Å². The number of rotatable bonds is 2. The maximum absolute atomic E-state index is 12.4. The summed E-state index contributed by atoms with van der Waals surface area (Å²) in [5.41, 5.74) is 0.648. The molecule has 16 heavy (non-hydrogen) atoms. The molecular weight excluding hydrogens is 238 g/mol. The summed E-state index contributed by atoms with van der Waals surface area (Å²) < 4.78 is 15.5. The van der Waals surface area contributed by atoms with E-state index in [9.17, 15) is 4.21 Å². The molecule has 4 heteroatoms. The molecule has 1 saturated carbocycles. The second-order valence-corrected chi connectivity index (χ2v) is 7.74. The van der Waals surface area contributed by atoms with E-state index in [1.165, 1.54) is 25.7 Å². The van der Waals surface area contributed by atoms with E-state index in [-0.39, 0.29) is 0 Å². The van der Waals surface area contributed by atoms with Crippen LogP contribution in [0.1, 0.15) is 32.6 Å². The molecule has 3 rings (SSSR count). The van der Waals surface area contributed by atoms with Crippen molar-refractivity contribution in [1.82, 2.24) is 4.31 Å². The van der Waals surface area contributed by atoms with E-state index in [0.717, 1.165) is 10.8 Å². The molecule has 2 atom stereocenters. The maximum atomic E-state index is 12.4. The average Bonchev–Trinajstić information content (AvgIpc) is 2.83. The van der Waals surface area contributed by atoms with Crippen LogP contribution in [0.5, 0.6) is 0 Å². The first-order valence-corrected chi connectivity index (χ1v) is 7.91. The first-order chi connectivity index (χ1) is 7.70. The van der Waals surface area contributed by atoms with Crippen LogP contribution in [0.4, 0.5) is 0 Å². The average molecular weight is 255 g/mol. The van der Waals surface area contributed by atoms with Gasteiger partial charge in [-0.15, -0.1) is 11.3 Å². The molecule has 0 bridgehead atoms. The number of hydrogen-bond acceptors (Lipinski definition) is 2. The van der Waals surface area contributed by atoms with Crippen molar-refractivity contribution in [3.8, 4) is 0 Å². The third-order valence-corrected chi connectivity index (χ3v) is 6.75. The summed E-state index contributed by atoms with van der Waals surface area (Å²) in [6.45, 7) is 3.23. The molecule has 1 saturated heterocycles. The minimum Gasteiger partial charge on any atom is -0.236 e. The van der Waals surface area contributed by atoms with Gasteiger partial charge in [-0.05, 0) is 49.5 Å². The Kier molecular flexibility index (Phi) is 2.68. The monoisotopic (exact) mass is 255 g/mol. The van der Waals surface area contributed by atoms with Crippen molar-refractivity contribution in [2.45, 2.75) is 42.9 Å². The summed E-state index contributed by atoms with van der Waals surface area (Å²) in [4.78, 5) is 0. The van der Waals surface area contributed by atoms with Gasteiger partial charge in [0, 0.05) is 12.6 Å². The fourth-order valence-corrected chi connectivity index (χ4v) is 5.07. The zero-order valence-electron chi connectivity index (χ0n) is 9.52. The third kappa shape index (κ3) is 1.87. The van der Waals surface area contributed by atoms with E-state index in [0.29, 0.717) is 11.5 Å². The molecule has 1 aliphatic heterocycles. The molecule has 0 radical (unpaired) electrons. The van der Waals surface area contributed by atoms with Gasteiger partial charge in [0.15, 0.2) is 0 Å². The Bertz CT molecular complexity index is 397. The van der Waals surface area contributed by atoms with Crippen molar-refractivity contribution in [1.29, 1.82) is 0 Å². The third-order valence-electron chi connectivity index (χ3n) is 3.92. The normalized spacial score (nSPS) is 30.4. The van der Waals surface area contributed by atoms with Crippen molar-refractivity contribution in [2.24, 2.45) is 5.41 Å². The summed E-state index contributed by atoms with van der Waals surface area (Å²) in [6.07, 6.45) is 5.28. The van der Waals surface area contributed by atoms with Crippen molar-refractivity contribution in [3.05, 3.63) is 17.5 Å². The molecule has 0 amide bonds. The summed E-state index contributed by atoms with van der Waals surface area (Å²) in [5.74, 6) is 0. The fraction of sp³-hybridized carbons (Fsp3) is 0.667. The van der Waals surface area contributed by atoms with Gasteiger partial charge in [0.05, 0.1) is 0 Å². The van der Waals surface area contributed by atoms with Crippen LogP contribution in [-0.2, 0) is 11.0 Å². The summed E-state index contributed by atoms with van der Waals surface area (Å²) in [5, 5.41) is 2.00. The van der Waals surface area contributed by atoms with Gasteiger partial charge < -0.3 is 0 Å². The summed E-state index contributed by atoms with van der Waals surface area (Å²) in [6, 6.07) is 4.43. The molecular formula is C12H17NOS2. The van der Waals surface area contributed by atoms with Gasteiger partial charge >= 0.3 is 0 Å². The predicted octanol–water partition coefficient (Wildman–Crippen LogP) is 3.04. The molecule has 1 aliphatic carbocycles. The smallest absolute Gasteiger partial charge is 0.138 e. The Balaban J connectivity index is 1.73. The zero-order valence-corrected chi connectivity index (χ0v) is 11.1. The molecule has 1 spiro atoms. The molecule has 1 aromatic heterocycles. The molecule has 2 unspecified atom stereocenters. The van der Waals surface area contributed by atoms with Crippen LogP contribution in [0, 0.1) is 5.41 Å². The topological polar surface area (TPSA) is 20.3 Å². The van der Waals surface area contributed by atoms with Crippen LogP contribution in [0.25, 0.3) is 0 Å². The number of thiophene rings is 1. The van der Waals surface area contributed by atoms with E-state index < -0.39 is 11.0 Å². The number of hydrogen-bond donors (Lipinski definition) is 0. The van der Waals surface area contributed by atoms with Crippen LogP contribution in [0.3, 0.4) is 0 Å². The standard InChI is InChI=1S/C12H17NOS2/c1-10-9-12(4-5-12)6-7-13(10)16(14)11-3-2-8-15-11/h2-3,8,10H,4-7,9H2,1H3. The highest BCUT2D eigenvalue weighted by atomic mass is 32.2. The lowest BCUT2D eigenvalue weighted by Gasteiger charge is -2.36. The number of piperidine rings is 1. The highest BCUT2D eigenvalue weighted by Crippen LogP contribution is 2.55. The Labute approximate surface area is 103 Å². The zero-order chi connectivity index (χ0) is 11.2. The van der Waals surface area contributed by atoms with Crippen LogP contribution >= 0.6 is 11.3 Å². The van der Waals surface area contributed by atoms with E-state index in [1.54, 1.807) is 11.3 Å². The van der Waals surface area contributed by atoms with Crippen LogP contribution < -0.4 is 0 Å². The van der Waals surface area contributed by atoms with Gasteiger partial charge in [-0.3, -0.25) is 0 Å². The molecule has 1 aromatic rings. The van der Waals surface area contributed by atoms with Crippen LogP contribution in [0.2, 0.25) is 0 Å². The molecule has 88 valence electrons. The lowest BCUT2D eigenvalue weighted by atomic mass is 9.90. The van der Waals surface area contributed by atoms with Gasteiger partial charge in [-0.25, -0.2) is 8.51 Å². The second-order valence-electron chi connectivity index (χ2n) is 5.13. The molecule has 2 fully saturated rings. The van der Waals surface area contributed by atoms with Gasteiger partial charge in [0.1, 0.15) is 15.2 Å². The van der Waals surface area contributed by atoms with Crippen molar-refractivity contribution in [2.75, 3.05) is 6.54 Å². The first kappa shape index (κ1) is 10.9. The van der Waals surface area contributed by atoms with Crippen LogP contribution in [-0.4, -0.2) is 21.1 Å². The highest BCUT2D eigenvalue weighted by molar-refractivity contribution is 7.85. The highest BCUT2D eigenvalue weighted by Gasteiger charge is 2.47. The van der Waals surface area contributed by atoms with Gasteiger partial charge in [-0.1, -0.05) is 6.07 Å².